The van der Waals surface area contributed by atoms with Gasteiger partial charge in [-0.25, -0.2) is 0 Å². The van der Waals surface area contributed by atoms with Crippen LogP contribution < -0.4 is 5.19 Å². The summed E-state index contributed by atoms with van der Waals surface area (Å²) in [5.41, 5.74) is 4.02. The van der Waals surface area contributed by atoms with Crippen LogP contribution in [0.4, 0.5) is 0 Å². The molecule has 0 aliphatic heterocycles. The summed E-state index contributed by atoms with van der Waals surface area (Å²) in [6, 6.07) is 17.2. The first-order chi connectivity index (χ1) is 9.24. The van der Waals surface area contributed by atoms with E-state index in [1.165, 1.54) is 21.9 Å². The maximum Gasteiger partial charge on any atom is 0.268 e. The van der Waals surface area contributed by atoms with E-state index in [0.29, 0.717) is 9.76 Å². The Labute approximate surface area is 118 Å². The molecule has 19 heavy (non-hydrogen) atoms. The molecule has 0 aromatic heterocycles. The van der Waals surface area contributed by atoms with Gasteiger partial charge >= 0.3 is 0 Å². The predicted octanol–water partition coefficient (Wildman–Crippen LogP) is 3.20. The van der Waals surface area contributed by atoms with E-state index in [-0.39, 0.29) is 0 Å². The summed E-state index contributed by atoms with van der Waals surface area (Å²) >= 11 is 0. The highest BCUT2D eigenvalue weighted by atomic mass is 28.2. The first-order valence-electron chi connectivity index (χ1n) is 6.74. The third-order valence-corrected chi connectivity index (χ3v) is 3.84. The topological polar surface area (TPSA) is 9.23 Å². The van der Waals surface area contributed by atoms with Gasteiger partial charge in [-0.15, -0.1) is 0 Å². The van der Waals surface area contributed by atoms with Gasteiger partial charge in [0.2, 0.25) is 0 Å². The van der Waals surface area contributed by atoms with Crippen LogP contribution in [0.15, 0.2) is 48.5 Å². The molecule has 1 nitrogen and oxygen atoms in total. The van der Waals surface area contributed by atoms with Crippen LogP contribution in [0.5, 0.6) is 0 Å². The molecule has 0 bridgehead atoms. The number of hydrogen-bond acceptors (Lipinski definition) is 1. The van der Waals surface area contributed by atoms with E-state index < -0.39 is 0 Å². The van der Waals surface area contributed by atoms with Crippen molar-refractivity contribution >= 4 is 14.9 Å². The van der Waals surface area contributed by atoms with Crippen LogP contribution in [-0.4, -0.2) is 16.4 Å². The van der Waals surface area contributed by atoms with Crippen molar-refractivity contribution in [2.45, 2.75) is 26.7 Å². The lowest BCUT2D eigenvalue weighted by Crippen LogP contribution is -2.19. The summed E-state index contributed by atoms with van der Waals surface area (Å²) < 4.78 is 5.78. The molecule has 0 amide bonds. The van der Waals surface area contributed by atoms with Gasteiger partial charge in [0.25, 0.3) is 9.76 Å². The van der Waals surface area contributed by atoms with Crippen LogP contribution in [0.1, 0.15) is 23.1 Å². The molecular weight excluding hydrogens is 248 g/mol. The molecule has 2 heteroatoms. The van der Waals surface area contributed by atoms with Crippen molar-refractivity contribution < 1.29 is 4.43 Å². The Morgan fingerprint density at radius 1 is 0.947 bits per heavy atom. The number of rotatable bonds is 6. The van der Waals surface area contributed by atoms with Crippen LogP contribution in [-0.2, 0) is 10.8 Å². The maximum atomic E-state index is 5.78. The summed E-state index contributed by atoms with van der Waals surface area (Å²) in [7, 11) is 0.465. The highest BCUT2D eigenvalue weighted by molar-refractivity contribution is 6.46. The van der Waals surface area contributed by atoms with Crippen molar-refractivity contribution in [1.29, 1.82) is 0 Å². The Kier molecular flexibility index (Phi) is 5.37. The van der Waals surface area contributed by atoms with Gasteiger partial charge in [-0.05, 0) is 37.4 Å². The molecule has 98 valence electrons. The average Bonchev–Trinajstić information content (AvgIpc) is 2.38. The maximum absolute atomic E-state index is 5.78. The van der Waals surface area contributed by atoms with Crippen LogP contribution >= 0.6 is 0 Å². The van der Waals surface area contributed by atoms with Gasteiger partial charge in [0.15, 0.2) is 0 Å². The zero-order chi connectivity index (χ0) is 13.5. The van der Waals surface area contributed by atoms with Gasteiger partial charge in [-0.1, -0.05) is 59.7 Å². The monoisotopic (exact) mass is 268 g/mol. The molecular formula is C17H20OSi. The predicted molar refractivity (Wildman–Crippen MR) is 82.0 cm³/mol. The summed E-state index contributed by atoms with van der Waals surface area (Å²) in [5, 5.41) is 1.30. The van der Waals surface area contributed by atoms with Crippen LogP contribution in [0.3, 0.4) is 0 Å². The zero-order valence-corrected chi connectivity index (χ0v) is 12.6. The Hall–Kier alpha value is -1.38. The summed E-state index contributed by atoms with van der Waals surface area (Å²) in [4.78, 5) is 0. The van der Waals surface area contributed by atoms with Crippen molar-refractivity contribution in [3.63, 3.8) is 0 Å². The fourth-order valence-corrected chi connectivity index (χ4v) is 3.15. The molecule has 0 spiro atoms. The van der Waals surface area contributed by atoms with E-state index >= 15 is 0 Å². The minimum atomic E-state index is 0.465. The van der Waals surface area contributed by atoms with Crippen molar-refractivity contribution in [3.8, 4) is 0 Å². The molecule has 0 fully saturated rings. The van der Waals surface area contributed by atoms with Gasteiger partial charge in [0.05, 0.1) is 0 Å². The number of aryl methyl sites for hydroxylation is 3. The average molecular weight is 268 g/mol. The van der Waals surface area contributed by atoms with Crippen LogP contribution in [0.2, 0.25) is 0 Å². The van der Waals surface area contributed by atoms with Gasteiger partial charge in [-0.3, -0.25) is 0 Å². The van der Waals surface area contributed by atoms with E-state index in [0.717, 1.165) is 19.4 Å². The molecule has 0 N–H and O–H groups in total. The SMILES string of the molecule is Cc1cc(C)cc([Si]OCCCc2ccccc2)c1. The zero-order valence-electron chi connectivity index (χ0n) is 11.6. The van der Waals surface area contributed by atoms with Gasteiger partial charge in [-0.2, -0.15) is 0 Å². The quantitative estimate of drug-likeness (QED) is 0.577. The Morgan fingerprint density at radius 2 is 1.63 bits per heavy atom. The molecule has 2 radical (unpaired) electrons. The summed E-state index contributed by atoms with van der Waals surface area (Å²) in [5.74, 6) is 0. The van der Waals surface area contributed by atoms with E-state index in [1.807, 2.05) is 0 Å². The van der Waals surface area contributed by atoms with Gasteiger partial charge in [0, 0.05) is 6.61 Å². The Morgan fingerprint density at radius 3 is 2.32 bits per heavy atom. The lowest BCUT2D eigenvalue weighted by molar-refractivity contribution is 0.334. The van der Waals surface area contributed by atoms with E-state index in [9.17, 15) is 0 Å². The van der Waals surface area contributed by atoms with Crippen molar-refractivity contribution in [2.75, 3.05) is 6.61 Å². The second-order valence-corrected chi connectivity index (χ2v) is 5.99. The first kappa shape index (κ1) is 14.0. The third kappa shape index (κ3) is 5.01. The fraction of sp³-hybridized carbons (Fsp3) is 0.294. The molecule has 0 aliphatic rings. The first-order valence-corrected chi connectivity index (χ1v) is 7.65. The van der Waals surface area contributed by atoms with Crippen molar-refractivity contribution in [1.82, 2.24) is 0 Å². The minimum Gasteiger partial charge on any atom is -0.411 e. The Bertz CT molecular complexity index is 488. The smallest absolute Gasteiger partial charge is 0.268 e. The molecule has 2 aromatic carbocycles. The normalized spacial score (nSPS) is 10.6. The number of benzene rings is 2. The lowest BCUT2D eigenvalue weighted by atomic mass is 10.1. The van der Waals surface area contributed by atoms with E-state index in [2.05, 4.69) is 62.4 Å². The lowest BCUT2D eigenvalue weighted by Gasteiger charge is -2.05. The largest absolute Gasteiger partial charge is 0.411 e. The number of hydrogen-bond donors (Lipinski definition) is 0. The second kappa shape index (κ2) is 7.27. The van der Waals surface area contributed by atoms with Crippen LogP contribution in [0, 0.1) is 13.8 Å². The molecule has 0 unspecified atom stereocenters. The molecule has 0 aliphatic carbocycles. The summed E-state index contributed by atoms with van der Waals surface area (Å²) in [6.45, 7) is 5.10. The minimum absolute atomic E-state index is 0.465. The van der Waals surface area contributed by atoms with Crippen molar-refractivity contribution in [2.24, 2.45) is 0 Å². The standard InChI is InChI=1S/C17H20OSi/c1-14-11-15(2)13-17(12-14)19-18-10-6-9-16-7-4-3-5-8-16/h3-5,7-8,11-13H,6,9-10H2,1-2H3. The molecule has 0 heterocycles. The van der Waals surface area contributed by atoms with Gasteiger partial charge in [0.1, 0.15) is 0 Å². The third-order valence-electron chi connectivity index (χ3n) is 2.97. The molecule has 0 atom stereocenters. The van der Waals surface area contributed by atoms with Crippen molar-refractivity contribution in [3.05, 3.63) is 65.2 Å². The second-order valence-electron chi connectivity index (χ2n) is 4.92. The Balaban J connectivity index is 1.69. The molecule has 0 saturated heterocycles. The molecule has 2 aromatic rings. The highest BCUT2D eigenvalue weighted by Crippen LogP contribution is 2.03. The van der Waals surface area contributed by atoms with Crippen LogP contribution in [0.25, 0.3) is 0 Å². The highest BCUT2D eigenvalue weighted by Gasteiger charge is 1.99. The molecule has 0 saturated carbocycles. The fourth-order valence-electron chi connectivity index (χ4n) is 2.16. The van der Waals surface area contributed by atoms with E-state index in [1.54, 1.807) is 0 Å². The summed E-state index contributed by atoms with van der Waals surface area (Å²) in [6.07, 6.45) is 2.18. The van der Waals surface area contributed by atoms with E-state index in [4.69, 9.17) is 4.43 Å². The van der Waals surface area contributed by atoms with Gasteiger partial charge < -0.3 is 4.43 Å². The molecule has 2 rings (SSSR count).